The van der Waals surface area contributed by atoms with Crippen LogP contribution >= 0.6 is 15.8 Å². The summed E-state index contributed by atoms with van der Waals surface area (Å²) in [6.07, 6.45) is 5.37. The molecule has 160 valence electrons. The van der Waals surface area contributed by atoms with Crippen molar-refractivity contribution in [2.24, 2.45) is 0 Å². The molecule has 0 N–H and O–H groups in total. The Morgan fingerprint density at radius 3 is 0.875 bits per heavy atom. The van der Waals surface area contributed by atoms with Gasteiger partial charge in [0, 0.05) is 0 Å². The standard InChI is InChI=1S/C30H30P2/c1-5-15-25(16-6-1)31(26-17-7-2-8-18-26)29-23-13-14-24-30(29)32(27-19-9-3-10-20-27)28-21-11-4-12-22-28/h1-12,15-22,29-30H,13-14,23-24H2. The van der Waals surface area contributed by atoms with Crippen LogP contribution in [-0.4, -0.2) is 11.3 Å². The molecule has 32 heavy (non-hydrogen) atoms. The molecule has 0 amide bonds. The van der Waals surface area contributed by atoms with Gasteiger partial charge in [0.2, 0.25) is 0 Å². The van der Waals surface area contributed by atoms with E-state index in [9.17, 15) is 0 Å². The van der Waals surface area contributed by atoms with Crippen molar-refractivity contribution in [3.8, 4) is 0 Å². The van der Waals surface area contributed by atoms with Gasteiger partial charge in [-0.15, -0.1) is 0 Å². The minimum Gasteiger partial charge on any atom is -0.0622 e. The third-order valence-electron chi connectivity index (χ3n) is 6.49. The Kier molecular flexibility index (Phi) is 7.13. The summed E-state index contributed by atoms with van der Waals surface area (Å²) in [5.41, 5.74) is 1.41. The van der Waals surface area contributed by atoms with Crippen molar-refractivity contribution < 1.29 is 0 Å². The molecule has 5 rings (SSSR count). The summed E-state index contributed by atoms with van der Waals surface area (Å²) < 4.78 is 0. The maximum atomic E-state index is 2.37. The normalized spacial score (nSPS) is 18.7. The number of rotatable bonds is 6. The topological polar surface area (TPSA) is 0 Å². The highest BCUT2D eigenvalue weighted by molar-refractivity contribution is 7.77. The first-order valence-electron chi connectivity index (χ1n) is 11.7. The third kappa shape index (κ3) is 4.73. The summed E-state index contributed by atoms with van der Waals surface area (Å²) in [7, 11) is -0.811. The Bertz CT molecular complexity index is 911. The van der Waals surface area contributed by atoms with Gasteiger partial charge < -0.3 is 0 Å². The van der Waals surface area contributed by atoms with Crippen LogP contribution in [0.1, 0.15) is 25.7 Å². The fourth-order valence-corrected chi connectivity index (χ4v) is 11.9. The SMILES string of the molecule is c1ccc(P(c2ccccc2)C2CCCCC2P(c2ccccc2)c2ccccc2)cc1. The fourth-order valence-electron chi connectivity index (χ4n) is 5.11. The highest BCUT2D eigenvalue weighted by Gasteiger charge is 2.38. The van der Waals surface area contributed by atoms with Crippen LogP contribution in [0.2, 0.25) is 0 Å². The van der Waals surface area contributed by atoms with Gasteiger partial charge in [-0.1, -0.05) is 134 Å². The lowest BCUT2D eigenvalue weighted by Crippen LogP contribution is -2.37. The molecular formula is C30H30P2. The third-order valence-corrected chi connectivity index (χ3v) is 12.7. The summed E-state index contributed by atoms with van der Waals surface area (Å²) in [6, 6.07) is 45.4. The average Bonchev–Trinajstić information content (AvgIpc) is 2.88. The van der Waals surface area contributed by atoms with Gasteiger partial charge in [0.15, 0.2) is 0 Å². The van der Waals surface area contributed by atoms with Gasteiger partial charge in [0.1, 0.15) is 0 Å². The van der Waals surface area contributed by atoms with Crippen molar-refractivity contribution in [1.82, 2.24) is 0 Å². The first kappa shape index (κ1) is 21.6. The summed E-state index contributed by atoms with van der Waals surface area (Å²) in [4.78, 5) is 0. The molecule has 2 heteroatoms. The maximum Gasteiger partial charge on any atom is -0.00551 e. The maximum absolute atomic E-state index is 2.37. The van der Waals surface area contributed by atoms with Gasteiger partial charge in [0.25, 0.3) is 0 Å². The molecule has 2 unspecified atom stereocenters. The van der Waals surface area contributed by atoms with Crippen LogP contribution in [0, 0.1) is 0 Å². The van der Waals surface area contributed by atoms with Crippen LogP contribution in [0.4, 0.5) is 0 Å². The van der Waals surface area contributed by atoms with Gasteiger partial charge in [-0.2, -0.15) is 0 Å². The van der Waals surface area contributed by atoms with E-state index in [2.05, 4.69) is 121 Å². The second-order valence-corrected chi connectivity index (χ2v) is 13.4. The van der Waals surface area contributed by atoms with Gasteiger partial charge in [0.05, 0.1) is 0 Å². The van der Waals surface area contributed by atoms with Gasteiger partial charge in [-0.25, -0.2) is 0 Å². The molecule has 0 bridgehead atoms. The number of benzene rings is 4. The van der Waals surface area contributed by atoms with E-state index in [0.29, 0.717) is 11.3 Å². The minimum absolute atomic E-state index is 0.405. The second kappa shape index (κ2) is 10.6. The van der Waals surface area contributed by atoms with Crippen molar-refractivity contribution in [1.29, 1.82) is 0 Å². The molecular weight excluding hydrogens is 422 g/mol. The summed E-state index contributed by atoms with van der Waals surface area (Å²) in [5, 5.41) is 6.12. The summed E-state index contributed by atoms with van der Waals surface area (Å²) in [5.74, 6) is 0. The predicted octanol–water partition coefficient (Wildman–Crippen LogP) is 6.56. The van der Waals surface area contributed by atoms with Gasteiger partial charge >= 0.3 is 0 Å². The smallest absolute Gasteiger partial charge is 0.00551 e. The van der Waals surface area contributed by atoms with Crippen LogP contribution in [0.25, 0.3) is 0 Å². The lowest BCUT2D eigenvalue weighted by molar-refractivity contribution is 0.521. The van der Waals surface area contributed by atoms with Crippen LogP contribution in [0.3, 0.4) is 0 Å². The Morgan fingerprint density at radius 2 is 0.625 bits per heavy atom. The molecule has 1 aliphatic carbocycles. The molecule has 0 nitrogen and oxygen atoms in total. The minimum atomic E-state index is -0.405. The van der Waals surface area contributed by atoms with E-state index < -0.39 is 15.8 Å². The number of hydrogen-bond acceptors (Lipinski definition) is 0. The first-order chi connectivity index (χ1) is 15.9. The van der Waals surface area contributed by atoms with Crippen molar-refractivity contribution in [3.05, 3.63) is 121 Å². The summed E-state index contributed by atoms with van der Waals surface area (Å²) in [6.45, 7) is 0. The Labute approximate surface area is 195 Å². The monoisotopic (exact) mass is 452 g/mol. The predicted molar refractivity (Wildman–Crippen MR) is 144 cm³/mol. The zero-order valence-corrected chi connectivity index (χ0v) is 20.2. The van der Waals surface area contributed by atoms with Crippen LogP contribution in [0.15, 0.2) is 121 Å². The Balaban J connectivity index is 1.62. The van der Waals surface area contributed by atoms with E-state index in [-0.39, 0.29) is 0 Å². The molecule has 0 aromatic heterocycles. The molecule has 0 radical (unpaired) electrons. The lowest BCUT2D eigenvalue weighted by atomic mass is 9.99. The molecule has 2 atom stereocenters. The quantitative estimate of drug-likeness (QED) is 0.291. The van der Waals surface area contributed by atoms with Crippen molar-refractivity contribution in [2.45, 2.75) is 37.0 Å². The fraction of sp³-hybridized carbons (Fsp3) is 0.200. The highest BCUT2D eigenvalue weighted by atomic mass is 31.1. The molecule has 0 aliphatic heterocycles. The molecule has 1 aliphatic rings. The summed E-state index contributed by atoms with van der Waals surface area (Å²) >= 11 is 0. The van der Waals surface area contributed by atoms with Gasteiger partial charge in [-0.05, 0) is 61.2 Å². The van der Waals surface area contributed by atoms with E-state index in [1.54, 1.807) is 0 Å². The van der Waals surface area contributed by atoms with E-state index in [1.807, 2.05) is 0 Å². The van der Waals surface area contributed by atoms with E-state index in [0.717, 1.165) is 0 Å². The lowest BCUT2D eigenvalue weighted by Gasteiger charge is -2.42. The zero-order valence-electron chi connectivity index (χ0n) is 18.4. The van der Waals surface area contributed by atoms with Crippen molar-refractivity contribution in [2.75, 3.05) is 0 Å². The second-order valence-electron chi connectivity index (χ2n) is 8.50. The van der Waals surface area contributed by atoms with E-state index in [4.69, 9.17) is 0 Å². The van der Waals surface area contributed by atoms with Crippen LogP contribution in [0.5, 0.6) is 0 Å². The Morgan fingerprint density at radius 1 is 0.375 bits per heavy atom. The molecule has 1 saturated carbocycles. The molecule has 0 saturated heterocycles. The molecule has 0 heterocycles. The van der Waals surface area contributed by atoms with E-state index >= 15 is 0 Å². The molecule has 4 aromatic carbocycles. The molecule has 1 fully saturated rings. The molecule has 4 aromatic rings. The van der Waals surface area contributed by atoms with Gasteiger partial charge in [-0.3, -0.25) is 0 Å². The highest BCUT2D eigenvalue weighted by Crippen LogP contribution is 2.56. The van der Waals surface area contributed by atoms with Crippen molar-refractivity contribution in [3.63, 3.8) is 0 Å². The zero-order chi connectivity index (χ0) is 21.6. The van der Waals surface area contributed by atoms with Crippen LogP contribution < -0.4 is 21.2 Å². The van der Waals surface area contributed by atoms with Crippen molar-refractivity contribution >= 4 is 37.1 Å². The Hall–Kier alpha value is -2.26. The molecule has 0 spiro atoms. The average molecular weight is 453 g/mol. The number of hydrogen-bond donors (Lipinski definition) is 0. The van der Waals surface area contributed by atoms with Crippen LogP contribution in [-0.2, 0) is 0 Å². The van der Waals surface area contributed by atoms with E-state index in [1.165, 1.54) is 46.9 Å². The first-order valence-corrected chi connectivity index (χ1v) is 14.5. The largest absolute Gasteiger partial charge is 0.0622 e.